The van der Waals surface area contributed by atoms with E-state index in [4.69, 9.17) is 4.74 Å². The largest absolute Gasteiger partial charge is 0.466 e. The van der Waals surface area contributed by atoms with Gasteiger partial charge in [0.1, 0.15) is 5.01 Å². The number of hydrogen-bond donors (Lipinski definition) is 0. The number of carbonyl (C=O) groups is 2. The number of aromatic nitrogens is 1. The summed E-state index contributed by atoms with van der Waals surface area (Å²) >= 11 is 1.35. The van der Waals surface area contributed by atoms with Crippen molar-refractivity contribution in [1.82, 2.24) is 9.88 Å². The molecule has 0 N–H and O–H groups in total. The fraction of sp³-hybridized carbons (Fsp3) is 0.625. The molecule has 0 saturated carbocycles. The summed E-state index contributed by atoms with van der Waals surface area (Å²) in [5.41, 5.74) is 0.827. The maximum atomic E-state index is 12.4. The molecule has 0 bridgehead atoms. The molecule has 7 heteroatoms. The third-order valence-corrected chi connectivity index (χ3v) is 4.95. The first-order valence-corrected chi connectivity index (χ1v) is 8.66. The van der Waals surface area contributed by atoms with Crippen molar-refractivity contribution in [3.8, 4) is 6.07 Å². The topological polar surface area (TPSA) is 83.3 Å². The highest BCUT2D eigenvalue weighted by molar-refractivity contribution is 7.09. The molecule has 1 fully saturated rings. The summed E-state index contributed by atoms with van der Waals surface area (Å²) in [6.07, 6.45) is 1.39. The van der Waals surface area contributed by atoms with Crippen molar-refractivity contribution < 1.29 is 14.3 Å². The van der Waals surface area contributed by atoms with E-state index in [0.29, 0.717) is 37.5 Å². The Bertz CT molecular complexity index is 600. The second-order valence-corrected chi connectivity index (χ2v) is 6.55. The molecule has 0 amide bonds. The number of nitriles is 1. The first-order valence-electron chi connectivity index (χ1n) is 7.78. The highest BCUT2D eigenvalue weighted by Gasteiger charge is 2.29. The Labute approximate surface area is 140 Å². The molecule has 2 heterocycles. The number of nitrogens with zero attached hydrogens (tertiary/aromatic N) is 3. The van der Waals surface area contributed by atoms with E-state index in [-0.39, 0.29) is 24.2 Å². The van der Waals surface area contributed by atoms with Crippen molar-refractivity contribution >= 4 is 23.1 Å². The van der Waals surface area contributed by atoms with E-state index in [2.05, 4.69) is 11.1 Å². The molecule has 1 saturated heterocycles. The van der Waals surface area contributed by atoms with Crippen LogP contribution in [0, 0.1) is 24.2 Å². The number of thiazole rings is 1. The molecule has 2 rings (SSSR count). The van der Waals surface area contributed by atoms with Crippen LogP contribution in [0.1, 0.15) is 36.4 Å². The van der Waals surface area contributed by atoms with Gasteiger partial charge in [-0.1, -0.05) is 0 Å². The third-order valence-electron chi connectivity index (χ3n) is 3.92. The summed E-state index contributed by atoms with van der Waals surface area (Å²) in [5.74, 6) is -1.14. The maximum Gasteiger partial charge on any atom is 0.309 e. The van der Waals surface area contributed by atoms with Gasteiger partial charge in [-0.15, -0.1) is 11.3 Å². The molecule has 0 aliphatic carbocycles. The molecule has 6 nitrogen and oxygen atoms in total. The van der Waals surface area contributed by atoms with Gasteiger partial charge in [0.2, 0.25) is 0 Å². The Morgan fingerprint density at radius 2 is 2.22 bits per heavy atom. The number of piperidine rings is 1. The van der Waals surface area contributed by atoms with E-state index in [9.17, 15) is 14.9 Å². The average molecular weight is 335 g/mol. The summed E-state index contributed by atoms with van der Waals surface area (Å²) < 4.78 is 5.04. The van der Waals surface area contributed by atoms with Gasteiger partial charge in [0.05, 0.1) is 25.1 Å². The first-order chi connectivity index (χ1) is 11.0. The Balaban J connectivity index is 1.87. The van der Waals surface area contributed by atoms with E-state index >= 15 is 0 Å². The molecule has 0 unspecified atom stereocenters. The Hall–Kier alpha value is -1.78. The van der Waals surface area contributed by atoms with Gasteiger partial charge in [0.25, 0.3) is 0 Å². The number of rotatable bonds is 6. The number of Topliss-reactive ketones (excluding diaryl/α,β-unsaturated/α-hetero) is 1. The van der Waals surface area contributed by atoms with Gasteiger partial charge in [0.15, 0.2) is 11.7 Å². The highest BCUT2D eigenvalue weighted by Crippen LogP contribution is 2.23. The molecule has 1 aliphatic rings. The van der Waals surface area contributed by atoms with Crippen LogP contribution in [-0.2, 0) is 14.3 Å². The molecule has 1 aromatic heterocycles. The Kier molecular flexibility index (Phi) is 6.25. The number of carbonyl (C=O) groups excluding carboxylic acids is 2. The van der Waals surface area contributed by atoms with Crippen LogP contribution in [0.4, 0.5) is 0 Å². The summed E-state index contributed by atoms with van der Waals surface area (Å²) in [7, 11) is 0. The maximum absolute atomic E-state index is 12.4. The lowest BCUT2D eigenvalue weighted by Gasteiger charge is -2.30. The second kappa shape index (κ2) is 8.18. The molecular formula is C16H21N3O3S. The predicted octanol–water partition coefficient (Wildman–Crippen LogP) is 1.90. The van der Waals surface area contributed by atoms with Gasteiger partial charge in [-0.2, -0.15) is 5.26 Å². The fourth-order valence-electron chi connectivity index (χ4n) is 2.67. The first kappa shape index (κ1) is 17.6. The van der Waals surface area contributed by atoms with Crippen molar-refractivity contribution in [3.05, 3.63) is 16.1 Å². The van der Waals surface area contributed by atoms with Crippen molar-refractivity contribution in [2.45, 2.75) is 32.6 Å². The lowest BCUT2D eigenvalue weighted by Crippen LogP contribution is -2.40. The van der Waals surface area contributed by atoms with Crippen LogP contribution in [0.2, 0.25) is 0 Å². The number of aryl methyl sites for hydroxylation is 1. The van der Waals surface area contributed by atoms with Gasteiger partial charge < -0.3 is 4.74 Å². The van der Waals surface area contributed by atoms with Gasteiger partial charge in [-0.05, 0) is 39.8 Å². The Morgan fingerprint density at radius 3 is 2.74 bits per heavy atom. The molecule has 124 valence electrons. The minimum absolute atomic E-state index is 0.0744. The van der Waals surface area contributed by atoms with Crippen LogP contribution in [0.25, 0.3) is 0 Å². The van der Waals surface area contributed by atoms with E-state index < -0.39 is 5.92 Å². The number of ketones is 1. The van der Waals surface area contributed by atoms with E-state index in [1.54, 1.807) is 6.92 Å². The van der Waals surface area contributed by atoms with Crippen LogP contribution in [0.3, 0.4) is 0 Å². The number of likely N-dealkylation sites (tertiary alicyclic amines) is 1. The van der Waals surface area contributed by atoms with Crippen molar-refractivity contribution in [2.24, 2.45) is 5.92 Å². The quantitative estimate of drug-likeness (QED) is 0.738. The molecule has 0 radical (unpaired) electrons. The molecular weight excluding hydrogens is 314 g/mol. The van der Waals surface area contributed by atoms with Gasteiger partial charge in [-0.25, -0.2) is 4.98 Å². The number of hydrogen-bond acceptors (Lipinski definition) is 7. The zero-order valence-electron chi connectivity index (χ0n) is 13.4. The van der Waals surface area contributed by atoms with Crippen molar-refractivity contribution in [1.29, 1.82) is 5.26 Å². The lowest BCUT2D eigenvalue weighted by molar-refractivity contribution is -0.149. The molecule has 1 atom stereocenters. The minimum atomic E-state index is -0.795. The summed E-state index contributed by atoms with van der Waals surface area (Å²) in [6, 6.07) is 2.06. The molecule has 1 aliphatic heterocycles. The number of ether oxygens (including phenoxy) is 1. The van der Waals surface area contributed by atoms with Crippen LogP contribution in [0.15, 0.2) is 5.38 Å². The minimum Gasteiger partial charge on any atom is -0.466 e. The fourth-order valence-corrected chi connectivity index (χ4v) is 3.53. The molecule has 23 heavy (non-hydrogen) atoms. The summed E-state index contributed by atoms with van der Waals surface area (Å²) in [4.78, 5) is 30.3. The zero-order chi connectivity index (χ0) is 16.8. The van der Waals surface area contributed by atoms with E-state index in [0.717, 1.165) is 5.69 Å². The second-order valence-electron chi connectivity index (χ2n) is 5.66. The van der Waals surface area contributed by atoms with Crippen LogP contribution in [0.5, 0.6) is 0 Å². The normalized spacial score (nSPS) is 17.4. The monoisotopic (exact) mass is 335 g/mol. The van der Waals surface area contributed by atoms with Gasteiger partial charge >= 0.3 is 5.97 Å². The smallest absolute Gasteiger partial charge is 0.309 e. The zero-order valence-corrected chi connectivity index (χ0v) is 14.3. The van der Waals surface area contributed by atoms with Gasteiger partial charge in [-0.3, -0.25) is 14.5 Å². The summed E-state index contributed by atoms with van der Waals surface area (Å²) in [5, 5.41) is 11.7. The Morgan fingerprint density at radius 1 is 1.52 bits per heavy atom. The van der Waals surface area contributed by atoms with Crippen molar-refractivity contribution in [3.63, 3.8) is 0 Å². The van der Waals surface area contributed by atoms with Crippen molar-refractivity contribution in [2.75, 3.05) is 26.2 Å². The average Bonchev–Trinajstić information content (AvgIpc) is 2.95. The van der Waals surface area contributed by atoms with E-state index in [1.807, 2.05) is 17.2 Å². The summed E-state index contributed by atoms with van der Waals surface area (Å²) in [6.45, 7) is 5.61. The molecule has 0 spiro atoms. The molecule has 1 aromatic rings. The molecule has 0 aromatic carbocycles. The van der Waals surface area contributed by atoms with Crippen LogP contribution < -0.4 is 0 Å². The number of esters is 1. The SMILES string of the molecule is CCOC(=O)C1CCN(CC(=O)[C@H](C#N)c2nc(C)cs2)CC1. The lowest BCUT2D eigenvalue weighted by atomic mass is 9.96. The van der Waals surface area contributed by atoms with Crippen LogP contribution in [-0.4, -0.2) is 47.9 Å². The highest BCUT2D eigenvalue weighted by atomic mass is 32.1. The van der Waals surface area contributed by atoms with Crippen LogP contribution >= 0.6 is 11.3 Å². The third kappa shape index (κ3) is 4.60. The predicted molar refractivity (Wildman–Crippen MR) is 86.0 cm³/mol. The van der Waals surface area contributed by atoms with Gasteiger partial charge in [0, 0.05) is 11.1 Å². The standard InChI is InChI=1S/C16H21N3O3S/c1-3-22-16(21)12-4-6-19(7-5-12)9-14(20)13(8-17)15-18-11(2)10-23-15/h10,12-13H,3-7,9H2,1-2H3/t13-/m0/s1. The van der Waals surface area contributed by atoms with E-state index in [1.165, 1.54) is 11.3 Å².